The topological polar surface area (TPSA) is 103 Å². The molecule has 0 aromatic heterocycles. The Morgan fingerprint density at radius 1 is 1.00 bits per heavy atom. The number of nitrogens with zero attached hydrogens (tertiary/aromatic N) is 2. The van der Waals surface area contributed by atoms with Gasteiger partial charge in [-0.05, 0) is 48.2 Å². The zero-order valence-electron chi connectivity index (χ0n) is 24.7. The van der Waals surface area contributed by atoms with Crippen LogP contribution in [0.15, 0.2) is 78.9 Å². The van der Waals surface area contributed by atoms with Gasteiger partial charge in [-0.3, -0.25) is 9.59 Å². The number of rotatable bonds is 7. The second-order valence-electron chi connectivity index (χ2n) is 11.9. The van der Waals surface area contributed by atoms with E-state index in [2.05, 4.69) is 39.5 Å². The SMILES string of the molecule is CC(=O)Nc1cccc([C@H]2O[C@@H](CN3CCC4(CC3)C(=O)NCN4c3ccccc3)[C@@H](C)[C@@H](c3ccc(CO)cc3)O2)c1. The van der Waals surface area contributed by atoms with E-state index < -0.39 is 11.8 Å². The van der Waals surface area contributed by atoms with E-state index in [-0.39, 0.29) is 36.5 Å². The lowest BCUT2D eigenvalue weighted by Gasteiger charge is -2.46. The highest BCUT2D eigenvalue weighted by atomic mass is 16.7. The van der Waals surface area contributed by atoms with Crippen molar-refractivity contribution in [3.8, 4) is 0 Å². The molecule has 3 heterocycles. The van der Waals surface area contributed by atoms with Gasteiger partial charge in [-0.1, -0.05) is 61.5 Å². The van der Waals surface area contributed by atoms with E-state index in [4.69, 9.17) is 9.47 Å². The van der Waals surface area contributed by atoms with Gasteiger partial charge in [-0.15, -0.1) is 0 Å². The second-order valence-corrected chi connectivity index (χ2v) is 11.9. The summed E-state index contributed by atoms with van der Waals surface area (Å²) in [5.74, 6) is 0.0130. The molecule has 3 fully saturated rings. The third-order valence-electron chi connectivity index (χ3n) is 9.13. The molecule has 0 saturated carbocycles. The summed E-state index contributed by atoms with van der Waals surface area (Å²) in [6.07, 6.45) is 0.482. The molecule has 3 aromatic rings. The normalized spacial score (nSPS) is 25.5. The molecule has 0 radical (unpaired) electrons. The molecule has 3 aliphatic rings. The first-order valence-corrected chi connectivity index (χ1v) is 15.1. The van der Waals surface area contributed by atoms with E-state index in [1.165, 1.54) is 6.92 Å². The molecule has 4 atom stereocenters. The lowest BCUT2D eigenvalue weighted by molar-refractivity contribution is -0.276. The molecular weight excluding hydrogens is 544 g/mol. The standard InChI is InChI=1S/C34H40N4O5/c1-23-30(20-37-17-15-34(16-18-37)33(41)35-22-38(34)29-9-4-3-5-10-29)42-32(27-7-6-8-28(19-27)36-24(2)40)43-31(23)26-13-11-25(21-39)12-14-26/h3-14,19,23,30-32,39H,15-18,20-22H2,1-2H3,(H,35,41)(H,36,40)/t23-,30+,31+,32+/m1/s1. The fraction of sp³-hybridized carbons (Fsp3) is 0.412. The van der Waals surface area contributed by atoms with Crippen LogP contribution in [0.5, 0.6) is 0 Å². The van der Waals surface area contributed by atoms with Crippen LogP contribution in [0.2, 0.25) is 0 Å². The minimum Gasteiger partial charge on any atom is -0.392 e. The number of piperidine rings is 1. The van der Waals surface area contributed by atoms with Gasteiger partial charge in [0.15, 0.2) is 6.29 Å². The molecule has 3 saturated heterocycles. The quantitative estimate of drug-likeness (QED) is 0.379. The largest absolute Gasteiger partial charge is 0.392 e. The summed E-state index contributed by atoms with van der Waals surface area (Å²) < 4.78 is 13.3. The number of aliphatic hydroxyl groups excluding tert-OH is 1. The Labute approximate surface area is 252 Å². The number of nitrogens with one attached hydrogen (secondary N) is 2. The van der Waals surface area contributed by atoms with Gasteiger partial charge in [0, 0.05) is 49.4 Å². The molecule has 9 nitrogen and oxygen atoms in total. The maximum absolute atomic E-state index is 13.2. The van der Waals surface area contributed by atoms with Crippen LogP contribution in [0.4, 0.5) is 11.4 Å². The van der Waals surface area contributed by atoms with Crippen LogP contribution in [0.25, 0.3) is 0 Å². The number of carbonyl (C=O) groups excluding carboxylic acids is 2. The Morgan fingerprint density at radius 2 is 1.74 bits per heavy atom. The summed E-state index contributed by atoms with van der Waals surface area (Å²) in [5, 5.41) is 15.5. The fourth-order valence-electron chi connectivity index (χ4n) is 6.69. The van der Waals surface area contributed by atoms with Crippen molar-refractivity contribution >= 4 is 23.2 Å². The van der Waals surface area contributed by atoms with Crippen molar-refractivity contribution in [2.45, 2.75) is 57.3 Å². The minimum atomic E-state index is -0.622. The molecule has 43 heavy (non-hydrogen) atoms. The van der Waals surface area contributed by atoms with Crippen molar-refractivity contribution < 1.29 is 24.2 Å². The van der Waals surface area contributed by atoms with E-state index in [9.17, 15) is 14.7 Å². The van der Waals surface area contributed by atoms with Gasteiger partial charge in [0.2, 0.25) is 11.8 Å². The maximum atomic E-state index is 13.2. The molecular formula is C34H40N4O5. The summed E-state index contributed by atoms with van der Waals surface area (Å²) in [7, 11) is 0. The Hall–Kier alpha value is -3.76. The van der Waals surface area contributed by atoms with E-state index >= 15 is 0 Å². The summed E-state index contributed by atoms with van der Waals surface area (Å²) in [5.41, 5.74) is 3.93. The predicted octanol–water partition coefficient (Wildman–Crippen LogP) is 4.36. The Bertz CT molecular complexity index is 1420. The Kier molecular flexibility index (Phi) is 8.50. The first-order chi connectivity index (χ1) is 20.9. The maximum Gasteiger partial charge on any atom is 0.247 e. The van der Waals surface area contributed by atoms with Crippen molar-refractivity contribution in [2.24, 2.45) is 5.92 Å². The lowest BCUT2D eigenvalue weighted by atomic mass is 9.84. The number of likely N-dealkylation sites (tertiary alicyclic amines) is 1. The molecule has 3 aromatic carbocycles. The number of para-hydroxylation sites is 1. The van der Waals surface area contributed by atoms with Gasteiger partial charge in [0.1, 0.15) is 5.54 Å². The van der Waals surface area contributed by atoms with Gasteiger partial charge in [-0.25, -0.2) is 0 Å². The summed E-state index contributed by atoms with van der Waals surface area (Å²) in [4.78, 5) is 29.5. The summed E-state index contributed by atoms with van der Waals surface area (Å²) >= 11 is 0. The number of aliphatic hydroxyl groups is 1. The average molecular weight is 585 g/mol. The van der Waals surface area contributed by atoms with Gasteiger partial charge in [0.25, 0.3) is 0 Å². The van der Waals surface area contributed by atoms with E-state index in [1.54, 1.807) is 0 Å². The van der Waals surface area contributed by atoms with Crippen LogP contribution < -0.4 is 15.5 Å². The second kappa shape index (κ2) is 12.5. The van der Waals surface area contributed by atoms with Crippen LogP contribution in [0, 0.1) is 5.92 Å². The minimum absolute atomic E-state index is 0.0121. The zero-order valence-corrected chi connectivity index (χ0v) is 24.7. The highest BCUT2D eigenvalue weighted by Gasteiger charge is 2.51. The molecule has 1 spiro atoms. The third-order valence-corrected chi connectivity index (χ3v) is 9.13. The van der Waals surface area contributed by atoms with Crippen molar-refractivity contribution in [3.63, 3.8) is 0 Å². The number of benzene rings is 3. The number of amides is 2. The fourth-order valence-corrected chi connectivity index (χ4v) is 6.69. The number of hydrogen-bond donors (Lipinski definition) is 3. The van der Waals surface area contributed by atoms with Crippen molar-refractivity contribution in [2.75, 3.05) is 36.5 Å². The zero-order chi connectivity index (χ0) is 30.0. The Balaban J connectivity index is 1.21. The van der Waals surface area contributed by atoms with Crippen molar-refractivity contribution in [3.05, 3.63) is 95.6 Å². The first-order valence-electron chi connectivity index (χ1n) is 15.1. The Morgan fingerprint density at radius 3 is 2.44 bits per heavy atom. The van der Waals surface area contributed by atoms with Crippen molar-refractivity contribution in [1.82, 2.24) is 10.2 Å². The third kappa shape index (κ3) is 6.03. The van der Waals surface area contributed by atoms with E-state index in [1.807, 2.05) is 66.7 Å². The molecule has 0 unspecified atom stereocenters. The number of anilines is 2. The van der Waals surface area contributed by atoms with Crippen LogP contribution in [0.1, 0.15) is 55.8 Å². The van der Waals surface area contributed by atoms with Gasteiger partial charge in [0.05, 0.1) is 25.5 Å². The number of carbonyl (C=O) groups is 2. The molecule has 0 bridgehead atoms. The van der Waals surface area contributed by atoms with Crippen LogP contribution in [0.3, 0.4) is 0 Å². The predicted molar refractivity (Wildman–Crippen MR) is 164 cm³/mol. The summed E-state index contributed by atoms with van der Waals surface area (Å²) in [6.45, 7) is 6.43. The molecule has 2 amide bonds. The van der Waals surface area contributed by atoms with E-state index in [0.29, 0.717) is 18.9 Å². The smallest absolute Gasteiger partial charge is 0.247 e. The van der Waals surface area contributed by atoms with Crippen molar-refractivity contribution in [1.29, 1.82) is 0 Å². The first kappa shape index (κ1) is 29.3. The highest BCUT2D eigenvalue weighted by molar-refractivity contribution is 5.93. The highest BCUT2D eigenvalue weighted by Crippen LogP contribution is 2.43. The molecule has 6 rings (SSSR count). The van der Waals surface area contributed by atoms with Gasteiger partial charge < -0.3 is 35.0 Å². The summed E-state index contributed by atoms with van der Waals surface area (Å²) in [6, 6.07) is 25.6. The number of hydrogen-bond acceptors (Lipinski definition) is 7. The lowest BCUT2D eigenvalue weighted by Crippen LogP contribution is -2.57. The van der Waals surface area contributed by atoms with Crippen LogP contribution in [-0.4, -0.2) is 59.8 Å². The van der Waals surface area contributed by atoms with Gasteiger partial charge in [-0.2, -0.15) is 0 Å². The molecule has 0 aliphatic carbocycles. The molecule has 3 N–H and O–H groups in total. The monoisotopic (exact) mass is 584 g/mol. The van der Waals surface area contributed by atoms with E-state index in [0.717, 1.165) is 48.3 Å². The van der Waals surface area contributed by atoms with Gasteiger partial charge >= 0.3 is 0 Å². The van der Waals surface area contributed by atoms with Crippen LogP contribution >= 0.6 is 0 Å². The molecule has 226 valence electrons. The molecule has 9 heteroatoms. The average Bonchev–Trinajstić information content (AvgIpc) is 3.34. The van der Waals surface area contributed by atoms with Crippen LogP contribution in [-0.2, 0) is 25.7 Å². The number of ether oxygens (including phenoxy) is 2. The molecule has 3 aliphatic heterocycles.